The molecule has 1 aliphatic carbocycles. The Morgan fingerprint density at radius 3 is 2.47 bits per heavy atom. The lowest BCUT2D eigenvalue weighted by Crippen LogP contribution is -2.27. The van der Waals surface area contributed by atoms with E-state index in [0.717, 1.165) is 12.3 Å². The van der Waals surface area contributed by atoms with Crippen molar-refractivity contribution >= 4 is 11.9 Å². The van der Waals surface area contributed by atoms with Crippen LogP contribution >= 0.6 is 0 Å². The normalized spacial score (nSPS) is 30.6. The number of amides is 1. The molecule has 1 amide bonds. The maximum absolute atomic E-state index is 11.2. The van der Waals surface area contributed by atoms with Crippen LogP contribution in [0.3, 0.4) is 0 Å². The van der Waals surface area contributed by atoms with E-state index in [1.54, 1.807) is 4.90 Å². The van der Waals surface area contributed by atoms with Gasteiger partial charge in [-0.15, -0.1) is 0 Å². The second-order valence-electron chi connectivity index (χ2n) is 4.81. The van der Waals surface area contributed by atoms with Crippen LogP contribution in [-0.4, -0.2) is 35.0 Å². The summed E-state index contributed by atoms with van der Waals surface area (Å²) in [7, 11) is 0. The van der Waals surface area contributed by atoms with E-state index < -0.39 is 5.97 Å². The van der Waals surface area contributed by atoms with Gasteiger partial charge in [0.05, 0.1) is 5.92 Å². The predicted molar refractivity (Wildman–Crippen MR) is 54.2 cm³/mol. The van der Waals surface area contributed by atoms with Crippen LogP contribution in [0.25, 0.3) is 0 Å². The summed E-state index contributed by atoms with van der Waals surface area (Å²) >= 11 is 0. The summed E-state index contributed by atoms with van der Waals surface area (Å²) < 4.78 is 0. The monoisotopic (exact) mass is 211 g/mol. The first-order chi connectivity index (χ1) is 7.08. The molecule has 1 saturated carbocycles. The van der Waals surface area contributed by atoms with Crippen LogP contribution in [0.5, 0.6) is 0 Å². The summed E-state index contributed by atoms with van der Waals surface area (Å²) in [5.74, 6) is -0.180. The Hall–Kier alpha value is -1.06. The molecule has 2 atom stereocenters. The largest absolute Gasteiger partial charge is 0.481 e. The molecule has 1 aliphatic heterocycles. The van der Waals surface area contributed by atoms with Crippen LogP contribution in [0, 0.1) is 17.8 Å². The summed E-state index contributed by atoms with van der Waals surface area (Å²) in [6, 6.07) is 0. The van der Waals surface area contributed by atoms with E-state index in [-0.39, 0.29) is 17.7 Å². The molecule has 2 aliphatic rings. The molecule has 0 aromatic rings. The fraction of sp³-hybridized carbons (Fsp3) is 0.818. The number of carboxylic acids is 1. The molecular formula is C11H17NO3. The fourth-order valence-corrected chi connectivity index (χ4v) is 2.43. The average molecular weight is 211 g/mol. The Balaban J connectivity index is 1.99. The minimum atomic E-state index is -0.746. The number of rotatable bonds is 3. The quantitative estimate of drug-likeness (QED) is 0.756. The number of carboxylic acid groups (broad SMARTS) is 1. The summed E-state index contributed by atoms with van der Waals surface area (Å²) in [4.78, 5) is 23.9. The van der Waals surface area contributed by atoms with Gasteiger partial charge in [0.25, 0.3) is 0 Å². The molecule has 0 spiro atoms. The molecular weight excluding hydrogens is 194 g/mol. The van der Waals surface area contributed by atoms with E-state index in [0.29, 0.717) is 13.1 Å². The highest BCUT2D eigenvalue weighted by molar-refractivity contribution is 5.77. The molecule has 1 heterocycles. The van der Waals surface area contributed by atoms with Crippen molar-refractivity contribution < 1.29 is 14.7 Å². The van der Waals surface area contributed by atoms with Crippen molar-refractivity contribution in [1.29, 1.82) is 0 Å². The maximum Gasteiger partial charge on any atom is 0.308 e. The van der Waals surface area contributed by atoms with Crippen LogP contribution in [-0.2, 0) is 9.59 Å². The molecule has 0 unspecified atom stereocenters. The number of hydrogen-bond acceptors (Lipinski definition) is 2. The molecule has 0 aromatic carbocycles. The van der Waals surface area contributed by atoms with E-state index in [1.807, 2.05) is 0 Å². The lowest BCUT2D eigenvalue weighted by Gasteiger charge is -2.13. The van der Waals surface area contributed by atoms with Gasteiger partial charge in [-0.3, -0.25) is 9.59 Å². The van der Waals surface area contributed by atoms with Gasteiger partial charge in [-0.25, -0.2) is 0 Å². The van der Waals surface area contributed by atoms with Crippen LogP contribution in [0.2, 0.25) is 0 Å². The average Bonchev–Trinajstić information content (AvgIpc) is 2.82. The van der Waals surface area contributed by atoms with Crippen molar-refractivity contribution in [3.05, 3.63) is 0 Å². The second kappa shape index (κ2) is 3.83. The number of carbonyl (C=O) groups excluding carboxylic acids is 1. The number of aliphatic carboxylic acids is 1. The molecule has 0 bridgehead atoms. The van der Waals surface area contributed by atoms with Gasteiger partial charge in [-0.2, -0.15) is 0 Å². The topological polar surface area (TPSA) is 57.6 Å². The fourth-order valence-electron chi connectivity index (χ4n) is 2.43. The summed E-state index contributed by atoms with van der Waals surface area (Å²) in [5, 5.41) is 9.08. The van der Waals surface area contributed by atoms with Gasteiger partial charge in [0, 0.05) is 20.0 Å². The zero-order chi connectivity index (χ0) is 11.0. The Kier molecular flexibility index (Phi) is 2.67. The van der Waals surface area contributed by atoms with E-state index in [2.05, 4.69) is 0 Å². The minimum absolute atomic E-state index is 0.000420. The Labute approximate surface area is 89.3 Å². The first-order valence-corrected chi connectivity index (χ1v) is 5.56. The Morgan fingerprint density at radius 2 is 2.00 bits per heavy atom. The number of likely N-dealkylation sites (tertiary alicyclic amines) is 1. The van der Waals surface area contributed by atoms with Gasteiger partial charge in [0.15, 0.2) is 0 Å². The van der Waals surface area contributed by atoms with E-state index in [9.17, 15) is 9.59 Å². The minimum Gasteiger partial charge on any atom is -0.481 e. The van der Waals surface area contributed by atoms with E-state index >= 15 is 0 Å². The molecule has 0 aromatic heterocycles. The van der Waals surface area contributed by atoms with Crippen molar-refractivity contribution in [1.82, 2.24) is 4.90 Å². The van der Waals surface area contributed by atoms with Crippen LogP contribution < -0.4 is 0 Å². The SMILES string of the molecule is CC(=O)N1C[C@@H](CC2CC2)[C@H](C(=O)O)C1. The zero-order valence-corrected chi connectivity index (χ0v) is 8.98. The van der Waals surface area contributed by atoms with Crippen molar-refractivity contribution in [2.24, 2.45) is 17.8 Å². The highest BCUT2D eigenvalue weighted by Gasteiger charge is 2.41. The van der Waals surface area contributed by atoms with Gasteiger partial charge in [0.1, 0.15) is 0 Å². The molecule has 1 saturated heterocycles. The van der Waals surface area contributed by atoms with Gasteiger partial charge < -0.3 is 10.0 Å². The molecule has 4 heteroatoms. The number of nitrogens with zero attached hydrogens (tertiary/aromatic N) is 1. The molecule has 2 fully saturated rings. The lowest BCUT2D eigenvalue weighted by atomic mass is 9.91. The molecule has 15 heavy (non-hydrogen) atoms. The first-order valence-electron chi connectivity index (χ1n) is 5.56. The van der Waals surface area contributed by atoms with Gasteiger partial charge in [-0.1, -0.05) is 12.8 Å². The van der Waals surface area contributed by atoms with Crippen molar-refractivity contribution in [3.63, 3.8) is 0 Å². The standard InChI is InChI=1S/C11H17NO3/c1-7(13)12-5-9(4-8-2-3-8)10(6-12)11(14)15/h8-10H,2-6H2,1H3,(H,14,15)/t9-,10-/m1/s1. The summed E-state index contributed by atoms with van der Waals surface area (Å²) in [6.45, 7) is 2.56. The maximum atomic E-state index is 11.2. The lowest BCUT2D eigenvalue weighted by molar-refractivity contribution is -0.142. The van der Waals surface area contributed by atoms with Crippen LogP contribution in [0.1, 0.15) is 26.2 Å². The van der Waals surface area contributed by atoms with Crippen molar-refractivity contribution in [3.8, 4) is 0 Å². The van der Waals surface area contributed by atoms with Gasteiger partial charge in [-0.05, 0) is 18.3 Å². The Morgan fingerprint density at radius 1 is 1.33 bits per heavy atom. The molecule has 84 valence electrons. The van der Waals surface area contributed by atoms with Crippen molar-refractivity contribution in [2.45, 2.75) is 26.2 Å². The molecule has 1 N–H and O–H groups in total. The number of carbonyl (C=O) groups is 2. The van der Waals surface area contributed by atoms with Crippen LogP contribution in [0.4, 0.5) is 0 Å². The highest BCUT2D eigenvalue weighted by Crippen LogP contribution is 2.39. The molecule has 0 radical (unpaired) electrons. The third-order valence-electron chi connectivity index (χ3n) is 3.54. The van der Waals surface area contributed by atoms with E-state index in [4.69, 9.17) is 5.11 Å². The molecule has 4 nitrogen and oxygen atoms in total. The third kappa shape index (κ3) is 2.30. The first kappa shape index (κ1) is 10.5. The zero-order valence-electron chi connectivity index (χ0n) is 8.98. The van der Waals surface area contributed by atoms with Gasteiger partial charge in [0.2, 0.25) is 5.91 Å². The highest BCUT2D eigenvalue weighted by atomic mass is 16.4. The van der Waals surface area contributed by atoms with Crippen LogP contribution in [0.15, 0.2) is 0 Å². The van der Waals surface area contributed by atoms with Gasteiger partial charge >= 0.3 is 5.97 Å². The number of hydrogen-bond donors (Lipinski definition) is 1. The summed E-state index contributed by atoms with van der Waals surface area (Å²) in [5.41, 5.74) is 0. The molecule has 2 rings (SSSR count). The Bertz CT molecular complexity index is 286. The third-order valence-corrected chi connectivity index (χ3v) is 3.54. The van der Waals surface area contributed by atoms with Crippen molar-refractivity contribution in [2.75, 3.05) is 13.1 Å². The summed E-state index contributed by atoms with van der Waals surface area (Å²) in [6.07, 6.45) is 3.46. The second-order valence-corrected chi connectivity index (χ2v) is 4.81. The van der Waals surface area contributed by atoms with E-state index in [1.165, 1.54) is 19.8 Å². The predicted octanol–water partition coefficient (Wildman–Crippen LogP) is 0.966. The smallest absolute Gasteiger partial charge is 0.308 e.